The maximum atomic E-state index is 12.7. The molecule has 2 aromatic rings. The molecule has 0 saturated carbocycles. The Bertz CT molecular complexity index is 777. The summed E-state index contributed by atoms with van der Waals surface area (Å²) < 4.78 is 11.8. The van der Waals surface area contributed by atoms with E-state index in [0.29, 0.717) is 18.7 Å². The Balaban J connectivity index is 1.72. The number of hydrogen-bond acceptors (Lipinski definition) is 3. The van der Waals surface area contributed by atoms with E-state index in [-0.39, 0.29) is 12.1 Å². The van der Waals surface area contributed by atoms with Gasteiger partial charge in [-0.25, -0.2) is 4.79 Å². The predicted octanol–water partition coefficient (Wildman–Crippen LogP) is 3.46. The molecule has 5 nitrogen and oxygen atoms in total. The zero-order valence-corrected chi connectivity index (χ0v) is 13.8. The Labute approximate surface area is 141 Å². The van der Waals surface area contributed by atoms with E-state index in [1.54, 1.807) is 12.0 Å². The molecule has 0 aliphatic carbocycles. The number of nitrogens with one attached hydrogen (secondary N) is 1. The minimum atomic E-state index is -0.704. The van der Waals surface area contributed by atoms with Crippen LogP contribution in [0.4, 0.5) is 4.79 Å². The maximum absolute atomic E-state index is 12.7. The number of hydrogen-bond donors (Lipinski definition) is 1. The van der Waals surface area contributed by atoms with Crippen LogP contribution < -0.4 is 14.8 Å². The fourth-order valence-electron chi connectivity index (χ4n) is 3.57. The Morgan fingerprint density at radius 2 is 2.04 bits per heavy atom. The van der Waals surface area contributed by atoms with Crippen molar-refractivity contribution in [1.29, 1.82) is 0 Å². The molecule has 0 radical (unpaired) electrons. The van der Waals surface area contributed by atoms with Crippen LogP contribution in [0.2, 0.25) is 0 Å². The summed E-state index contributed by atoms with van der Waals surface area (Å²) in [5.74, 6) is 1.41. The highest BCUT2D eigenvalue weighted by Crippen LogP contribution is 2.48. The molecule has 0 aromatic heterocycles. The van der Waals surface area contributed by atoms with Crippen LogP contribution >= 0.6 is 0 Å². The summed E-state index contributed by atoms with van der Waals surface area (Å²) in [5, 5.41) is 3.10. The lowest BCUT2D eigenvalue weighted by atomic mass is 9.90. The van der Waals surface area contributed by atoms with Gasteiger partial charge in [-0.2, -0.15) is 0 Å². The van der Waals surface area contributed by atoms with Gasteiger partial charge in [0.1, 0.15) is 0 Å². The van der Waals surface area contributed by atoms with Crippen molar-refractivity contribution in [1.82, 2.24) is 10.2 Å². The molecule has 2 aliphatic heterocycles. The van der Waals surface area contributed by atoms with Crippen LogP contribution in [-0.4, -0.2) is 23.8 Å². The fourth-order valence-corrected chi connectivity index (χ4v) is 3.57. The van der Waals surface area contributed by atoms with Crippen molar-refractivity contribution in [2.24, 2.45) is 0 Å². The first-order valence-corrected chi connectivity index (χ1v) is 8.09. The summed E-state index contributed by atoms with van der Waals surface area (Å²) >= 11 is 0. The molecule has 2 amide bonds. The third-order valence-electron chi connectivity index (χ3n) is 4.81. The highest BCUT2D eigenvalue weighted by atomic mass is 16.5. The number of urea groups is 1. The number of benzene rings is 2. The second-order valence-corrected chi connectivity index (χ2v) is 6.43. The molecule has 5 heteroatoms. The van der Waals surface area contributed by atoms with Gasteiger partial charge in [-0.15, -0.1) is 0 Å². The van der Waals surface area contributed by atoms with Crippen LogP contribution in [0.15, 0.2) is 48.5 Å². The Hall–Kier alpha value is -2.69. The van der Waals surface area contributed by atoms with Crippen LogP contribution in [0.3, 0.4) is 0 Å². The van der Waals surface area contributed by atoms with Crippen LogP contribution in [-0.2, 0) is 6.54 Å². The summed E-state index contributed by atoms with van der Waals surface area (Å²) in [6.07, 6.45) is 0.700. The average Bonchev–Trinajstić information content (AvgIpc) is 2.59. The predicted molar refractivity (Wildman–Crippen MR) is 89.9 cm³/mol. The van der Waals surface area contributed by atoms with Crippen molar-refractivity contribution in [2.75, 3.05) is 7.11 Å². The normalized spacial score (nSPS) is 24.7. The number of nitrogens with zero attached hydrogens (tertiary/aromatic N) is 1. The van der Waals surface area contributed by atoms with Gasteiger partial charge in [-0.05, 0) is 18.6 Å². The summed E-state index contributed by atoms with van der Waals surface area (Å²) in [7, 11) is 1.63. The van der Waals surface area contributed by atoms with Crippen molar-refractivity contribution < 1.29 is 14.3 Å². The van der Waals surface area contributed by atoms with Gasteiger partial charge < -0.3 is 14.8 Å². The lowest BCUT2D eigenvalue weighted by Crippen LogP contribution is -2.64. The van der Waals surface area contributed by atoms with Crippen LogP contribution in [0.5, 0.6) is 11.5 Å². The lowest BCUT2D eigenvalue weighted by Gasteiger charge is -2.50. The fraction of sp³-hybridized carbons (Fsp3) is 0.316. The first-order chi connectivity index (χ1) is 11.6. The molecule has 2 bridgehead atoms. The van der Waals surface area contributed by atoms with Crippen LogP contribution in [0, 0.1) is 0 Å². The molecule has 1 N–H and O–H groups in total. The molecular weight excluding hydrogens is 304 g/mol. The van der Waals surface area contributed by atoms with Crippen LogP contribution in [0.25, 0.3) is 0 Å². The third kappa shape index (κ3) is 2.28. The number of carbonyl (C=O) groups excluding carboxylic acids is 1. The zero-order valence-electron chi connectivity index (χ0n) is 13.8. The van der Waals surface area contributed by atoms with Crippen molar-refractivity contribution in [3.63, 3.8) is 0 Å². The summed E-state index contributed by atoms with van der Waals surface area (Å²) in [5.41, 5.74) is 1.34. The summed E-state index contributed by atoms with van der Waals surface area (Å²) in [6.45, 7) is 2.47. The quantitative estimate of drug-likeness (QED) is 0.940. The van der Waals surface area contributed by atoms with Crippen molar-refractivity contribution >= 4 is 6.03 Å². The average molecular weight is 324 g/mol. The monoisotopic (exact) mass is 324 g/mol. The molecule has 1 fully saturated rings. The van der Waals surface area contributed by atoms with Crippen molar-refractivity contribution in [3.8, 4) is 11.5 Å². The number of fused-ring (bicyclic) bond motifs is 4. The Morgan fingerprint density at radius 1 is 1.25 bits per heavy atom. The van der Waals surface area contributed by atoms with Gasteiger partial charge in [-0.1, -0.05) is 42.5 Å². The first kappa shape index (κ1) is 14.9. The topological polar surface area (TPSA) is 50.8 Å². The van der Waals surface area contributed by atoms with E-state index in [1.165, 1.54) is 0 Å². The van der Waals surface area contributed by atoms with Gasteiger partial charge in [0.2, 0.25) is 0 Å². The molecular formula is C19H20N2O3. The minimum Gasteiger partial charge on any atom is -0.493 e. The number of rotatable bonds is 3. The first-order valence-electron chi connectivity index (χ1n) is 8.09. The number of carbonyl (C=O) groups is 1. The van der Waals surface area contributed by atoms with Gasteiger partial charge >= 0.3 is 6.03 Å². The minimum absolute atomic E-state index is 0.0617. The van der Waals surface area contributed by atoms with Gasteiger partial charge in [0, 0.05) is 12.0 Å². The molecule has 0 unspecified atom stereocenters. The van der Waals surface area contributed by atoms with E-state index in [1.807, 2.05) is 55.5 Å². The highest BCUT2D eigenvalue weighted by molar-refractivity contribution is 5.77. The van der Waals surface area contributed by atoms with E-state index in [0.717, 1.165) is 16.9 Å². The number of para-hydroxylation sites is 1. The molecule has 4 rings (SSSR count). The third-order valence-corrected chi connectivity index (χ3v) is 4.81. The standard InChI is InChI=1S/C19H20N2O3/c1-19-11-15(14-9-6-10-16(23-2)17(14)24-19)20-18(22)21(19)12-13-7-4-3-5-8-13/h3-10,15H,11-12H2,1-2H3,(H,20,22)/t15-,19-/m0/s1. The summed E-state index contributed by atoms with van der Waals surface area (Å²) in [6, 6.07) is 15.6. The molecule has 24 heavy (non-hydrogen) atoms. The SMILES string of the molecule is COc1cccc2c1O[C@@]1(C)C[C@@H]2NC(=O)N1Cc1ccccc1. The highest BCUT2D eigenvalue weighted by Gasteiger charge is 2.49. The largest absolute Gasteiger partial charge is 0.493 e. The molecule has 2 atom stereocenters. The molecule has 0 spiro atoms. The van der Waals surface area contributed by atoms with Gasteiger partial charge in [0.25, 0.3) is 0 Å². The smallest absolute Gasteiger partial charge is 0.321 e. The molecule has 2 aliphatic rings. The van der Waals surface area contributed by atoms with E-state index in [4.69, 9.17) is 9.47 Å². The maximum Gasteiger partial charge on any atom is 0.321 e. The summed E-state index contributed by atoms with van der Waals surface area (Å²) in [4.78, 5) is 14.4. The molecule has 124 valence electrons. The molecule has 2 aromatic carbocycles. The second kappa shape index (κ2) is 5.44. The number of amides is 2. The van der Waals surface area contributed by atoms with Gasteiger partial charge in [-0.3, -0.25) is 4.90 Å². The van der Waals surface area contributed by atoms with Gasteiger partial charge in [0.05, 0.1) is 19.7 Å². The van der Waals surface area contributed by atoms with E-state index in [2.05, 4.69) is 5.32 Å². The number of methoxy groups -OCH3 is 1. The number of ether oxygens (including phenoxy) is 2. The second-order valence-electron chi connectivity index (χ2n) is 6.43. The van der Waals surface area contributed by atoms with Crippen molar-refractivity contribution in [3.05, 3.63) is 59.7 Å². The Morgan fingerprint density at radius 3 is 2.79 bits per heavy atom. The Kier molecular flexibility index (Phi) is 3.37. The van der Waals surface area contributed by atoms with E-state index in [9.17, 15) is 4.79 Å². The van der Waals surface area contributed by atoms with Crippen LogP contribution in [0.1, 0.15) is 30.5 Å². The van der Waals surface area contributed by atoms with Gasteiger partial charge in [0.15, 0.2) is 17.2 Å². The zero-order chi connectivity index (χ0) is 16.7. The lowest BCUT2D eigenvalue weighted by molar-refractivity contribution is -0.0891. The van der Waals surface area contributed by atoms with E-state index < -0.39 is 5.72 Å². The van der Waals surface area contributed by atoms with Crippen molar-refractivity contribution in [2.45, 2.75) is 31.7 Å². The van der Waals surface area contributed by atoms with E-state index >= 15 is 0 Å². The molecule has 1 saturated heterocycles. The molecule has 2 heterocycles.